The summed E-state index contributed by atoms with van der Waals surface area (Å²) < 4.78 is 5.57. The maximum atomic E-state index is 12.2. The summed E-state index contributed by atoms with van der Waals surface area (Å²) in [4.78, 5) is 12.2. The van der Waals surface area contributed by atoms with Gasteiger partial charge in [-0.1, -0.05) is 72.8 Å². The number of aromatic amines is 1. The van der Waals surface area contributed by atoms with Gasteiger partial charge in [-0.2, -0.15) is 5.10 Å². The molecule has 0 spiro atoms. The van der Waals surface area contributed by atoms with Gasteiger partial charge in [0.05, 0.1) is 11.7 Å². The Morgan fingerprint density at radius 2 is 1.74 bits per heavy atom. The molecule has 1 heterocycles. The van der Waals surface area contributed by atoms with Gasteiger partial charge in [0.25, 0.3) is 0 Å². The lowest BCUT2D eigenvalue weighted by atomic mass is 9.98. The van der Waals surface area contributed by atoms with E-state index in [0.29, 0.717) is 13.2 Å². The highest BCUT2D eigenvalue weighted by Gasteiger charge is 2.28. The average molecular weight is 409 g/mol. The molecule has 0 aliphatic heterocycles. The third-order valence-corrected chi connectivity index (χ3v) is 5.74. The smallest absolute Gasteiger partial charge is 0.407 e. The molecule has 0 saturated carbocycles. The number of ether oxygens (including phenoxy) is 1. The topological polar surface area (TPSA) is 67.0 Å². The molecule has 2 N–H and O–H groups in total. The third-order valence-electron chi connectivity index (χ3n) is 5.74. The largest absolute Gasteiger partial charge is 0.449 e. The number of benzene rings is 3. The molecule has 5 nitrogen and oxygen atoms in total. The number of carbonyl (C=O) groups excluding carboxylic acids is 1. The monoisotopic (exact) mass is 409 g/mol. The van der Waals surface area contributed by atoms with Crippen molar-refractivity contribution in [3.05, 3.63) is 95.7 Å². The molecule has 4 aromatic rings. The van der Waals surface area contributed by atoms with Crippen LogP contribution in [-0.4, -0.2) is 29.4 Å². The molecule has 3 aromatic carbocycles. The van der Waals surface area contributed by atoms with E-state index in [-0.39, 0.29) is 12.0 Å². The van der Waals surface area contributed by atoms with Crippen molar-refractivity contribution >= 4 is 23.1 Å². The van der Waals surface area contributed by atoms with E-state index in [9.17, 15) is 4.79 Å². The fraction of sp³-hybridized carbons (Fsp3) is 0.154. The van der Waals surface area contributed by atoms with Crippen LogP contribution in [0, 0.1) is 0 Å². The number of hydrogen-bond donors (Lipinski definition) is 2. The highest BCUT2D eigenvalue weighted by Crippen LogP contribution is 2.44. The molecule has 0 radical (unpaired) electrons. The van der Waals surface area contributed by atoms with Gasteiger partial charge in [-0.15, -0.1) is 0 Å². The van der Waals surface area contributed by atoms with E-state index in [2.05, 4.69) is 45.9 Å². The summed E-state index contributed by atoms with van der Waals surface area (Å²) in [5.74, 6) is 0.0773. The number of carbonyl (C=O) groups is 1. The Morgan fingerprint density at radius 1 is 1.00 bits per heavy atom. The van der Waals surface area contributed by atoms with Crippen molar-refractivity contribution in [2.45, 2.75) is 12.3 Å². The van der Waals surface area contributed by atoms with Crippen LogP contribution in [-0.2, 0) is 4.74 Å². The maximum absolute atomic E-state index is 12.2. The van der Waals surface area contributed by atoms with Crippen LogP contribution in [0.15, 0.2) is 79.0 Å². The highest BCUT2D eigenvalue weighted by molar-refractivity contribution is 5.87. The van der Waals surface area contributed by atoms with E-state index < -0.39 is 0 Å². The van der Waals surface area contributed by atoms with Gasteiger partial charge in [0.15, 0.2) is 0 Å². The number of alkyl carbamates (subject to hydrolysis) is 1. The van der Waals surface area contributed by atoms with Crippen LogP contribution in [0.1, 0.15) is 29.0 Å². The zero-order valence-electron chi connectivity index (χ0n) is 17.0. The summed E-state index contributed by atoms with van der Waals surface area (Å²) in [6.07, 6.45) is 6.26. The normalized spacial score (nSPS) is 12.8. The zero-order valence-corrected chi connectivity index (χ0v) is 17.0. The van der Waals surface area contributed by atoms with Crippen molar-refractivity contribution in [2.24, 2.45) is 0 Å². The maximum Gasteiger partial charge on any atom is 0.407 e. The van der Waals surface area contributed by atoms with Crippen molar-refractivity contribution in [1.82, 2.24) is 15.5 Å². The lowest BCUT2D eigenvalue weighted by molar-refractivity contribution is 0.143. The minimum atomic E-state index is -0.382. The summed E-state index contributed by atoms with van der Waals surface area (Å²) in [5, 5.41) is 11.0. The number of nitrogens with one attached hydrogen (secondary N) is 2. The average Bonchev–Trinajstić information content (AvgIpc) is 3.41. The Hall–Kier alpha value is -3.86. The molecule has 31 heavy (non-hydrogen) atoms. The van der Waals surface area contributed by atoms with Crippen LogP contribution in [0.4, 0.5) is 4.79 Å². The molecule has 1 aromatic heterocycles. The minimum absolute atomic E-state index is 0.0773. The predicted octanol–water partition coefficient (Wildman–Crippen LogP) is 5.50. The van der Waals surface area contributed by atoms with Crippen molar-refractivity contribution in [2.75, 3.05) is 13.2 Å². The van der Waals surface area contributed by atoms with Gasteiger partial charge in [0.2, 0.25) is 0 Å². The Morgan fingerprint density at radius 3 is 2.52 bits per heavy atom. The summed E-state index contributed by atoms with van der Waals surface area (Å²) in [7, 11) is 0. The second-order valence-electron chi connectivity index (χ2n) is 7.62. The second-order valence-corrected chi connectivity index (χ2v) is 7.62. The SMILES string of the molecule is O=C(NCCC=Cc1cccc2[nH]ncc12)OCC1c2ccccc2-c2ccccc21. The Bertz CT molecular complexity index is 1210. The molecule has 0 bridgehead atoms. The van der Waals surface area contributed by atoms with Crippen molar-refractivity contribution in [1.29, 1.82) is 0 Å². The Balaban J connectivity index is 1.14. The number of rotatable bonds is 6. The number of amides is 1. The van der Waals surface area contributed by atoms with Crippen LogP contribution >= 0.6 is 0 Å². The van der Waals surface area contributed by atoms with E-state index in [0.717, 1.165) is 22.9 Å². The molecular formula is C26H23N3O2. The van der Waals surface area contributed by atoms with E-state index >= 15 is 0 Å². The third kappa shape index (κ3) is 3.82. The lowest BCUT2D eigenvalue weighted by Crippen LogP contribution is -2.26. The van der Waals surface area contributed by atoms with Crippen LogP contribution < -0.4 is 5.32 Å². The lowest BCUT2D eigenvalue weighted by Gasteiger charge is -2.14. The molecule has 0 saturated heterocycles. The Kier molecular flexibility index (Phi) is 5.23. The van der Waals surface area contributed by atoms with Crippen molar-refractivity contribution in [3.63, 3.8) is 0 Å². The molecule has 1 aliphatic rings. The first-order valence-electron chi connectivity index (χ1n) is 10.5. The van der Waals surface area contributed by atoms with Gasteiger partial charge in [-0.05, 0) is 40.3 Å². The molecule has 0 atom stereocenters. The molecule has 1 aliphatic carbocycles. The number of nitrogens with zero attached hydrogens (tertiary/aromatic N) is 1. The van der Waals surface area contributed by atoms with Gasteiger partial charge in [-0.25, -0.2) is 4.79 Å². The van der Waals surface area contributed by atoms with Crippen LogP contribution in [0.3, 0.4) is 0 Å². The number of H-pyrrole nitrogens is 1. The van der Waals surface area contributed by atoms with E-state index in [4.69, 9.17) is 4.74 Å². The fourth-order valence-electron chi connectivity index (χ4n) is 4.25. The second kappa shape index (κ2) is 8.48. The zero-order chi connectivity index (χ0) is 21.0. The van der Waals surface area contributed by atoms with Gasteiger partial charge >= 0.3 is 6.09 Å². The minimum Gasteiger partial charge on any atom is -0.449 e. The predicted molar refractivity (Wildman–Crippen MR) is 123 cm³/mol. The molecule has 5 heteroatoms. The van der Waals surface area contributed by atoms with Crippen molar-refractivity contribution < 1.29 is 9.53 Å². The van der Waals surface area contributed by atoms with Crippen LogP contribution in [0.2, 0.25) is 0 Å². The van der Waals surface area contributed by atoms with Gasteiger partial charge in [0, 0.05) is 17.8 Å². The molecule has 0 fully saturated rings. The van der Waals surface area contributed by atoms with Gasteiger partial charge in [0.1, 0.15) is 6.61 Å². The highest BCUT2D eigenvalue weighted by atomic mass is 16.5. The number of fused-ring (bicyclic) bond motifs is 4. The first-order valence-corrected chi connectivity index (χ1v) is 10.5. The van der Waals surface area contributed by atoms with Gasteiger partial charge < -0.3 is 10.1 Å². The quantitative estimate of drug-likeness (QED) is 0.413. The van der Waals surface area contributed by atoms with Crippen LogP contribution in [0.25, 0.3) is 28.1 Å². The van der Waals surface area contributed by atoms with Gasteiger partial charge in [-0.3, -0.25) is 5.10 Å². The first-order chi connectivity index (χ1) is 15.3. The van der Waals surface area contributed by atoms with Crippen molar-refractivity contribution in [3.8, 4) is 11.1 Å². The molecule has 5 rings (SSSR count). The molecule has 0 unspecified atom stereocenters. The Labute approximate surface area is 180 Å². The molecule has 154 valence electrons. The van der Waals surface area contributed by atoms with E-state index in [1.807, 2.05) is 54.7 Å². The fourth-order valence-corrected chi connectivity index (χ4v) is 4.25. The van der Waals surface area contributed by atoms with E-state index in [1.54, 1.807) is 0 Å². The summed E-state index contributed by atoms with van der Waals surface area (Å²) in [6.45, 7) is 0.854. The first kappa shape index (κ1) is 19.1. The standard InChI is InChI=1S/C26H23N3O2/c30-26(27-15-6-5-8-18-9-7-14-25-23(18)16-28-29-25)31-17-24-21-12-3-1-10-19(21)20-11-2-4-13-22(20)24/h1-5,7-14,16,24H,6,15,17H2,(H,27,30)(H,28,29). The van der Waals surface area contributed by atoms with E-state index in [1.165, 1.54) is 22.3 Å². The summed E-state index contributed by atoms with van der Waals surface area (Å²) in [6, 6.07) is 22.7. The number of aromatic nitrogens is 2. The van der Waals surface area contributed by atoms with Crippen LogP contribution in [0.5, 0.6) is 0 Å². The summed E-state index contributed by atoms with van der Waals surface area (Å²) >= 11 is 0. The number of hydrogen-bond acceptors (Lipinski definition) is 3. The molecular weight excluding hydrogens is 386 g/mol. The molecule has 1 amide bonds. The summed E-state index contributed by atoms with van der Waals surface area (Å²) in [5.41, 5.74) is 7.00.